The molecule has 28 heavy (non-hydrogen) atoms. The molecule has 2 heterocycles. The predicted molar refractivity (Wildman–Crippen MR) is 102 cm³/mol. The van der Waals surface area contributed by atoms with Crippen LogP contribution in [0.5, 0.6) is 0 Å². The van der Waals surface area contributed by atoms with Crippen molar-refractivity contribution in [1.82, 2.24) is 14.9 Å². The fourth-order valence-electron chi connectivity index (χ4n) is 2.86. The van der Waals surface area contributed by atoms with Gasteiger partial charge < -0.3 is 4.52 Å². The zero-order valence-corrected chi connectivity index (χ0v) is 16.9. The Kier molecular flexibility index (Phi) is 5.64. The van der Waals surface area contributed by atoms with Crippen LogP contribution in [0.2, 0.25) is 0 Å². The van der Waals surface area contributed by atoms with Gasteiger partial charge in [-0.2, -0.15) is 0 Å². The molecule has 0 saturated carbocycles. The van der Waals surface area contributed by atoms with Gasteiger partial charge in [0.05, 0.1) is 4.90 Å². The van der Waals surface area contributed by atoms with Gasteiger partial charge in [0.2, 0.25) is 10.0 Å². The highest BCUT2D eigenvalue weighted by molar-refractivity contribution is 7.92. The van der Waals surface area contributed by atoms with Crippen LogP contribution in [0.25, 0.3) is 0 Å². The van der Waals surface area contributed by atoms with Gasteiger partial charge in [0.15, 0.2) is 15.6 Å². The molecule has 0 aliphatic heterocycles. The van der Waals surface area contributed by atoms with E-state index in [1.54, 1.807) is 30.3 Å². The summed E-state index contributed by atoms with van der Waals surface area (Å²) < 4.78 is 59.1. The Bertz CT molecular complexity index is 1140. The second-order valence-electron chi connectivity index (χ2n) is 6.14. The highest BCUT2D eigenvalue weighted by Crippen LogP contribution is 2.29. The first-order valence-electron chi connectivity index (χ1n) is 8.35. The van der Waals surface area contributed by atoms with Crippen LogP contribution in [0.3, 0.4) is 0 Å². The van der Waals surface area contributed by atoms with E-state index in [1.165, 1.54) is 38.4 Å². The molecule has 0 unspecified atom stereocenters. The number of hydrogen-bond donors (Lipinski definition) is 1. The van der Waals surface area contributed by atoms with Crippen LogP contribution in [0.1, 0.15) is 22.3 Å². The minimum Gasteiger partial charge on any atom is -0.360 e. The Morgan fingerprint density at radius 3 is 2.32 bits per heavy atom. The molecule has 8 nitrogen and oxygen atoms in total. The zero-order valence-electron chi connectivity index (χ0n) is 15.2. The van der Waals surface area contributed by atoms with E-state index >= 15 is 0 Å². The molecule has 10 heteroatoms. The van der Waals surface area contributed by atoms with E-state index in [2.05, 4.69) is 14.9 Å². The molecule has 2 aromatic heterocycles. The number of nitrogens with one attached hydrogen (secondary N) is 1. The number of rotatable bonds is 7. The minimum absolute atomic E-state index is 0.0884. The van der Waals surface area contributed by atoms with Crippen molar-refractivity contribution >= 4 is 19.9 Å². The Labute approximate surface area is 163 Å². The molecule has 3 aromatic rings. The average molecular weight is 422 g/mol. The van der Waals surface area contributed by atoms with Crippen molar-refractivity contribution in [2.24, 2.45) is 0 Å². The number of benzene rings is 1. The van der Waals surface area contributed by atoms with Crippen molar-refractivity contribution in [3.63, 3.8) is 0 Å². The molecule has 0 amide bonds. The molecule has 0 spiro atoms. The highest BCUT2D eigenvalue weighted by Gasteiger charge is 2.32. The number of hydrogen-bond acceptors (Lipinski definition) is 7. The SMILES string of the molecule is Cc1noc(C)c1S(=O)(=O)NC[C@@H](c1cccnc1)S(=O)(=O)c1ccccc1. The van der Waals surface area contributed by atoms with Gasteiger partial charge in [0.25, 0.3) is 0 Å². The van der Waals surface area contributed by atoms with Crippen LogP contribution in [0.4, 0.5) is 0 Å². The highest BCUT2D eigenvalue weighted by atomic mass is 32.2. The van der Waals surface area contributed by atoms with Gasteiger partial charge in [0.1, 0.15) is 15.8 Å². The van der Waals surface area contributed by atoms with Crippen molar-refractivity contribution in [3.8, 4) is 0 Å². The van der Waals surface area contributed by atoms with Gasteiger partial charge in [-0.25, -0.2) is 21.6 Å². The first-order chi connectivity index (χ1) is 13.2. The third-order valence-corrected chi connectivity index (χ3v) is 7.98. The number of sulfonamides is 1. The quantitative estimate of drug-likeness (QED) is 0.621. The standard InChI is InChI=1S/C18H19N3O5S2/c1-13-18(14(2)26-21-13)28(24,25)20-12-17(15-7-6-10-19-11-15)27(22,23)16-8-4-3-5-9-16/h3-11,17,20H,12H2,1-2H3/t17-/m0/s1. The lowest BCUT2D eigenvalue weighted by atomic mass is 10.2. The lowest BCUT2D eigenvalue weighted by Crippen LogP contribution is -2.32. The summed E-state index contributed by atoms with van der Waals surface area (Å²) in [7, 11) is -7.89. The van der Waals surface area contributed by atoms with E-state index < -0.39 is 25.1 Å². The van der Waals surface area contributed by atoms with Crippen LogP contribution < -0.4 is 4.72 Å². The second-order valence-corrected chi connectivity index (χ2v) is 9.97. The first kappa shape index (κ1) is 20.2. The predicted octanol–water partition coefficient (Wildman–Crippen LogP) is 2.18. The molecule has 1 atom stereocenters. The fraction of sp³-hybridized carbons (Fsp3) is 0.222. The van der Waals surface area contributed by atoms with E-state index in [9.17, 15) is 16.8 Å². The Hall–Kier alpha value is -2.56. The van der Waals surface area contributed by atoms with Crippen molar-refractivity contribution in [2.45, 2.75) is 28.9 Å². The van der Waals surface area contributed by atoms with Crippen molar-refractivity contribution < 1.29 is 21.4 Å². The number of sulfone groups is 1. The molecule has 0 aliphatic rings. The monoisotopic (exact) mass is 421 g/mol. The summed E-state index contributed by atoms with van der Waals surface area (Å²) in [6, 6.07) is 11.1. The molecule has 1 N–H and O–H groups in total. The van der Waals surface area contributed by atoms with E-state index in [-0.39, 0.29) is 27.8 Å². The van der Waals surface area contributed by atoms with E-state index in [4.69, 9.17) is 4.52 Å². The van der Waals surface area contributed by atoms with Crippen LogP contribution in [-0.4, -0.2) is 33.5 Å². The molecule has 148 valence electrons. The number of aromatic nitrogens is 2. The number of nitrogens with zero attached hydrogens (tertiary/aromatic N) is 2. The molecule has 0 saturated heterocycles. The molecule has 0 fully saturated rings. The van der Waals surface area contributed by atoms with Gasteiger partial charge >= 0.3 is 0 Å². The first-order valence-corrected chi connectivity index (χ1v) is 11.4. The van der Waals surface area contributed by atoms with Crippen LogP contribution >= 0.6 is 0 Å². The summed E-state index contributed by atoms with van der Waals surface area (Å²) in [6.07, 6.45) is 2.93. The molecule has 1 aromatic carbocycles. The van der Waals surface area contributed by atoms with E-state index in [1.807, 2.05) is 0 Å². The molecule has 3 rings (SSSR count). The van der Waals surface area contributed by atoms with Crippen molar-refractivity contribution in [2.75, 3.05) is 6.54 Å². The van der Waals surface area contributed by atoms with E-state index in [0.29, 0.717) is 5.56 Å². The maximum Gasteiger partial charge on any atom is 0.246 e. The Morgan fingerprint density at radius 2 is 1.75 bits per heavy atom. The molecule has 0 aliphatic carbocycles. The van der Waals surface area contributed by atoms with E-state index in [0.717, 1.165) is 0 Å². The minimum atomic E-state index is -4.01. The average Bonchev–Trinajstić information content (AvgIpc) is 3.02. The number of pyridine rings is 1. The fourth-order valence-corrected chi connectivity index (χ4v) is 6.01. The Morgan fingerprint density at radius 1 is 1.04 bits per heavy atom. The Balaban J connectivity index is 1.98. The summed E-state index contributed by atoms with van der Waals surface area (Å²) in [6.45, 7) is 2.62. The second kappa shape index (κ2) is 7.82. The van der Waals surface area contributed by atoms with Crippen LogP contribution in [-0.2, 0) is 19.9 Å². The third kappa shape index (κ3) is 3.98. The summed E-state index contributed by atoms with van der Waals surface area (Å²) >= 11 is 0. The number of aryl methyl sites for hydroxylation is 2. The van der Waals surface area contributed by atoms with Crippen molar-refractivity contribution in [3.05, 3.63) is 71.9 Å². The molecule has 0 radical (unpaired) electrons. The van der Waals surface area contributed by atoms with Crippen molar-refractivity contribution in [1.29, 1.82) is 0 Å². The summed E-state index contributed by atoms with van der Waals surface area (Å²) in [5, 5.41) is 2.49. The maximum absolute atomic E-state index is 13.2. The summed E-state index contributed by atoms with van der Waals surface area (Å²) in [5.74, 6) is 0.133. The van der Waals surface area contributed by atoms with Gasteiger partial charge in [-0.1, -0.05) is 29.4 Å². The zero-order chi connectivity index (χ0) is 20.4. The van der Waals surface area contributed by atoms with Gasteiger partial charge in [0, 0.05) is 18.9 Å². The molecular formula is C18H19N3O5S2. The lowest BCUT2D eigenvalue weighted by Gasteiger charge is -2.18. The van der Waals surface area contributed by atoms with Gasteiger partial charge in [-0.3, -0.25) is 4.98 Å². The largest absolute Gasteiger partial charge is 0.360 e. The van der Waals surface area contributed by atoms with Gasteiger partial charge in [-0.05, 0) is 37.6 Å². The maximum atomic E-state index is 13.2. The normalized spacial score (nSPS) is 13.4. The summed E-state index contributed by atoms with van der Waals surface area (Å²) in [4.78, 5) is 3.98. The van der Waals surface area contributed by atoms with Crippen LogP contribution in [0.15, 0.2) is 69.2 Å². The third-order valence-electron chi connectivity index (χ3n) is 4.20. The lowest BCUT2D eigenvalue weighted by molar-refractivity contribution is 0.390. The molecular weight excluding hydrogens is 402 g/mol. The molecule has 0 bridgehead atoms. The van der Waals surface area contributed by atoms with Gasteiger partial charge in [-0.15, -0.1) is 0 Å². The van der Waals surface area contributed by atoms with Crippen LogP contribution in [0, 0.1) is 13.8 Å². The summed E-state index contributed by atoms with van der Waals surface area (Å²) in [5.41, 5.74) is 0.585. The topological polar surface area (TPSA) is 119 Å². The smallest absolute Gasteiger partial charge is 0.246 e.